The van der Waals surface area contributed by atoms with Crippen LogP contribution in [0.4, 0.5) is 11.6 Å². The molecule has 0 aromatic carbocycles. The summed E-state index contributed by atoms with van der Waals surface area (Å²) < 4.78 is 4.11. The van der Waals surface area contributed by atoms with Crippen LogP contribution in [0.2, 0.25) is 0 Å². The van der Waals surface area contributed by atoms with Crippen molar-refractivity contribution < 1.29 is 4.63 Å². The Balaban J connectivity index is 3.07. The summed E-state index contributed by atoms with van der Waals surface area (Å²) in [4.78, 5) is 2.42. The highest BCUT2D eigenvalue weighted by molar-refractivity contribution is 5.48. The number of anilines is 1. The summed E-state index contributed by atoms with van der Waals surface area (Å²) in [5, 5.41) is 9.39. The average molecular weight is 126 g/mol. The highest BCUT2D eigenvalue weighted by Crippen LogP contribution is 2.13. The largest absolute Gasteiger partial charge is 0.379 e. The topological polar surface area (TPSA) is 114 Å². The van der Waals surface area contributed by atoms with Gasteiger partial charge in [0.2, 0.25) is 5.82 Å². The van der Waals surface area contributed by atoms with Crippen LogP contribution in [0.1, 0.15) is 0 Å². The zero-order valence-electron chi connectivity index (χ0n) is 4.22. The van der Waals surface area contributed by atoms with Crippen LogP contribution in [0.3, 0.4) is 0 Å². The molecule has 0 atom stereocenters. The molecule has 2 N–H and O–H groups in total. The van der Waals surface area contributed by atoms with Gasteiger partial charge in [0.1, 0.15) is 0 Å². The van der Waals surface area contributed by atoms with Crippen molar-refractivity contribution in [2.24, 2.45) is 5.11 Å². The number of aromatic nitrogens is 2. The summed E-state index contributed by atoms with van der Waals surface area (Å²) in [6.45, 7) is 0. The van der Waals surface area contributed by atoms with E-state index < -0.39 is 0 Å². The maximum atomic E-state index is 7.86. The molecule has 0 aliphatic rings. The van der Waals surface area contributed by atoms with Crippen LogP contribution in [0.25, 0.3) is 10.4 Å². The zero-order valence-corrected chi connectivity index (χ0v) is 4.22. The van der Waals surface area contributed by atoms with Crippen molar-refractivity contribution in [1.29, 1.82) is 0 Å². The molecule has 1 aromatic rings. The molecule has 0 spiro atoms. The smallest absolute Gasteiger partial charge is 0.214 e. The third kappa shape index (κ3) is 0.892. The molecule has 46 valence electrons. The van der Waals surface area contributed by atoms with Crippen LogP contribution in [0, 0.1) is 0 Å². The minimum Gasteiger partial charge on any atom is -0.379 e. The zero-order chi connectivity index (χ0) is 6.69. The van der Waals surface area contributed by atoms with Crippen molar-refractivity contribution in [1.82, 2.24) is 10.3 Å². The molecule has 7 nitrogen and oxygen atoms in total. The van der Waals surface area contributed by atoms with E-state index in [0.29, 0.717) is 0 Å². The fourth-order valence-electron chi connectivity index (χ4n) is 0.303. The second kappa shape index (κ2) is 2.01. The monoisotopic (exact) mass is 126 g/mol. The lowest BCUT2D eigenvalue weighted by Gasteiger charge is -1.74. The van der Waals surface area contributed by atoms with E-state index in [0.717, 1.165) is 0 Å². The van der Waals surface area contributed by atoms with Gasteiger partial charge in [0.05, 0.1) is 0 Å². The quantitative estimate of drug-likeness (QED) is 0.337. The number of nitrogens with zero attached hydrogens (tertiary/aromatic N) is 5. The standard InChI is InChI=1S/C2H2N6O/c3-1-2(5-8-4)7-9-6-1/h(H2,3,6). The second-order valence-corrected chi connectivity index (χ2v) is 1.16. The lowest BCUT2D eigenvalue weighted by atomic mass is 10.7. The average Bonchev–Trinajstić information content (AvgIpc) is 2.18. The molecule has 9 heavy (non-hydrogen) atoms. The third-order valence-corrected chi connectivity index (χ3v) is 0.635. The van der Waals surface area contributed by atoms with Crippen LogP contribution < -0.4 is 5.73 Å². The molecule has 0 aliphatic carbocycles. The van der Waals surface area contributed by atoms with Gasteiger partial charge in [-0.1, -0.05) is 0 Å². The Morgan fingerprint density at radius 2 is 2.44 bits per heavy atom. The van der Waals surface area contributed by atoms with Gasteiger partial charge in [0.25, 0.3) is 0 Å². The first-order chi connectivity index (χ1) is 4.34. The molecule has 0 unspecified atom stereocenters. The van der Waals surface area contributed by atoms with Crippen LogP contribution in [-0.2, 0) is 0 Å². The van der Waals surface area contributed by atoms with Gasteiger partial charge in [-0.05, 0) is 21.0 Å². The Labute approximate surface area is 49.0 Å². The van der Waals surface area contributed by atoms with E-state index in [2.05, 4.69) is 25.0 Å². The Hall–Kier alpha value is -1.75. The van der Waals surface area contributed by atoms with E-state index in [-0.39, 0.29) is 11.6 Å². The molecule has 0 bridgehead atoms. The molecule has 1 aromatic heterocycles. The SMILES string of the molecule is [N-]=[N+]=Nc1nonc1N. The van der Waals surface area contributed by atoms with Crippen molar-refractivity contribution in [3.8, 4) is 0 Å². The fraction of sp³-hybridized carbons (Fsp3) is 0. The van der Waals surface area contributed by atoms with E-state index in [1.54, 1.807) is 0 Å². The number of rotatable bonds is 1. The van der Waals surface area contributed by atoms with Crippen LogP contribution >= 0.6 is 0 Å². The van der Waals surface area contributed by atoms with Gasteiger partial charge in [0.15, 0.2) is 5.82 Å². The molecule has 1 rings (SSSR count). The van der Waals surface area contributed by atoms with Gasteiger partial charge in [-0.3, -0.25) is 0 Å². The Bertz CT molecular complexity index is 245. The van der Waals surface area contributed by atoms with Crippen molar-refractivity contribution in [3.05, 3.63) is 10.4 Å². The van der Waals surface area contributed by atoms with Gasteiger partial charge in [-0.2, -0.15) is 0 Å². The van der Waals surface area contributed by atoms with E-state index in [9.17, 15) is 0 Å². The number of nitrogen functional groups attached to an aromatic ring is 1. The van der Waals surface area contributed by atoms with E-state index in [1.165, 1.54) is 0 Å². The van der Waals surface area contributed by atoms with Crippen molar-refractivity contribution >= 4 is 11.6 Å². The molecule has 0 saturated heterocycles. The van der Waals surface area contributed by atoms with Gasteiger partial charge in [-0.15, -0.1) is 0 Å². The number of hydrogen-bond acceptors (Lipinski definition) is 5. The normalized spacial score (nSPS) is 8.44. The second-order valence-electron chi connectivity index (χ2n) is 1.16. The summed E-state index contributed by atoms with van der Waals surface area (Å²) in [5.74, 6) is -0.0368. The van der Waals surface area contributed by atoms with Crippen LogP contribution in [-0.4, -0.2) is 10.3 Å². The molecule has 0 aliphatic heterocycles. The highest BCUT2D eigenvalue weighted by Gasteiger charge is 1.99. The Kier molecular flexibility index (Phi) is 1.21. The number of hydrogen-bond donors (Lipinski definition) is 1. The predicted octanol–water partition coefficient (Wildman–Crippen LogP) is 0.594. The molecular formula is C2H2N6O. The molecule has 0 amide bonds. The van der Waals surface area contributed by atoms with Gasteiger partial charge >= 0.3 is 0 Å². The molecule has 1 heterocycles. The first-order valence-corrected chi connectivity index (χ1v) is 1.97. The number of azide groups is 1. The van der Waals surface area contributed by atoms with Gasteiger partial charge in [-0.25, -0.2) is 4.63 Å². The maximum absolute atomic E-state index is 7.86. The highest BCUT2D eigenvalue weighted by atomic mass is 16.6. The maximum Gasteiger partial charge on any atom is 0.214 e. The fourth-order valence-corrected chi connectivity index (χ4v) is 0.303. The van der Waals surface area contributed by atoms with E-state index in [4.69, 9.17) is 11.3 Å². The Morgan fingerprint density at radius 3 is 2.89 bits per heavy atom. The first kappa shape index (κ1) is 5.39. The lowest BCUT2D eigenvalue weighted by molar-refractivity contribution is 0.310. The molecule has 0 saturated carbocycles. The van der Waals surface area contributed by atoms with Crippen molar-refractivity contribution in [2.45, 2.75) is 0 Å². The Morgan fingerprint density at radius 1 is 1.67 bits per heavy atom. The van der Waals surface area contributed by atoms with Crippen molar-refractivity contribution in [3.63, 3.8) is 0 Å². The summed E-state index contributed by atoms with van der Waals surface area (Å²) in [6, 6.07) is 0. The molecule has 0 fully saturated rings. The summed E-state index contributed by atoms with van der Waals surface area (Å²) in [7, 11) is 0. The molecule has 0 radical (unpaired) electrons. The third-order valence-electron chi connectivity index (χ3n) is 0.635. The van der Waals surface area contributed by atoms with Crippen LogP contribution in [0.15, 0.2) is 9.74 Å². The van der Waals surface area contributed by atoms with Crippen LogP contribution in [0.5, 0.6) is 0 Å². The summed E-state index contributed by atoms with van der Waals surface area (Å²) in [5.41, 5.74) is 13.0. The molecule has 7 heteroatoms. The first-order valence-electron chi connectivity index (χ1n) is 1.97. The summed E-state index contributed by atoms with van der Waals surface area (Å²) >= 11 is 0. The van der Waals surface area contributed by atoms with E-state index in [1.807, 2.05) is 0 Å². The van der Waals surface area contributed by atoms with Gasteiger partial charge in [0, 0.05) is 4.91 Å². The molecular weight excluding hydrogens is 124 g/mol. The van der Waals surface area contributed by atoms with E-state index >= 15 is 0 Å². The number of nitrogens with two attached hydrogens (primary N) is 1. The lowest BCUT2D eigenvalue weighted by Crippen LogP contribution is -1.81. The summed E-state index contributed by atoms with van der Waals surface area (Å²) in [6.07, 6.45) is 0. The predicted molar refractivity (Wildman–Crippen MR) is 27.5 cm³/mol. The minimum absolute atomic E-state index is 0.00667. The van der Waals surface area contributed by atoms with Crippen molar-refractivity contribution in [2.75, 3.05) is 5.73 Å². The van der Waals surface area contributed by atoms with Gasteiger partial charge < -0.3 is 5.73 Å². The minimum atomic E-state index is -0.0301.